The predicted molar refractivity (Wildman–Crippen MR) is 74.3 cm³/mol. The highest BCUT2D eigenvalue weighted by Crippen LogP contribution is 2.22. The third-order valence-electron chi connectivity index (χ3n) is 3.45. The predicted octanol–water partition coefficient (Wildman–Crippen LogP) is 0.316. The van der Waals surface area contributed by atoms with E-state index < -0.39 is 15.8 Å². The first kappa shape index (κ1) is 16.7. The lowest BCUT2D eigenvalue weighted by Gasteiger charge is -2.36. The molecule has 1 fully saturated rings. The number of nitrogens with one attached hydrogen (secondary N) is 1. The standard InChI is InChI=1S/C12H22N2O5S/c1-9-8-10(11(15)16)4-6-14(9)12(17)13-5-3-7-20(2,18)19/h9-10H,3-8H2,1-2H3,(H,13,17)(H,15,16). The SMILES string of the molecule is CC1CC(C(=O)O)CCN1C(=O)NCCCS(C)(=O)=O. The van der Waals surface area contributed by atoms with E-state index >= 15 is 0 Å². The van der Waals surface area contributed by atoms with Crippen LogP contribution in [0.25, 0.3) is 0 Å². The maximum Gasteiger partial charge on any atom is 0.317 e. The van der Waals surface area contributed by atoms with Gasteiger partial charge in [0.05, 0.1) is 11.7 Å². The van der Waals surface area contributed by atoms with Crippen molar-refractivity contribution in [1.82, 2.24) is 10.2 Å². The fourth-order valence-corrected chi connectivity index (χ4v) is 3.00. The Balaban J connectivity index is 2.35. The molecule has 0 aromatic rings. The van der Waals surface area contributed by atoms with Crippen LogP contribution in [0.1, 0.15) is 26.2 Å². The number of rotatable bonds is 5. The van der Waals surface area contributed by atoms with Crippen molar-refractivity contribution in [3.8, 4) is 0 Å². The van der Waals surface area contributed by atoms with Crippen LogP contribution in [-0.4, -0.2) is 61.6 Å². The summed E-state index contributed by atoms with van der Waals surface area (Å²) in [6.07, 6.45) is 2.45. The molecule has 2 N–H and O–H groups in total. The molecule has 8 heteroatoms. The summed E-state index contributed by atoms with van der Waals surface area (Å²) in [6.45, 7) is 2.54. The molecule has 2 amide bonds. The lowest BCUT2D eigenvalue weighted by molar-refractivity contribution is -0.143. The van der Waals surface area contributed by atoms with E-state index in [4.69, 9.17) is 5.11 Å². The summed E-state index contributed by atoms with van der Waals surface area (Å²) < 4.78 is 21.9. The van der Waals surface area contributed by atoms with E-state index in [9.17, 15) is 18.0 Å². The number of carboxylic acids is 1. The molecule has 7 nitrogen and oxygen atoms in total. The molecule has 2 atom stereocenters. The third-order valence-corrected chi connectivity index (χ3v) is 4.48. The average molecular weight is 306 g/mol. The summed E-state index contributed by atoms with van der Waals surface area (Å²) in [7, 11) is -3.00. The number of sulfone groups is 1. The first-order chi connectivity index (χ1) is 9.20. The number of hydrogen-bond donors (Lipinski definition) is 2. The second-order valence-electron chi connectivity index (χ2n) is 5.32. The number of urea groups is 1. The van der Waals surface area contributed by atoms with Crippen LogP contribution in [-0.2, 0) is 14.6 Å². The van der Waals surface area contributed by atoms with Crippen LogP contribution in [0, 0.1) is 5.92 Å². The number of carbonyl (C=O) groups is 2. The Morgan fingerprint density at radius 2 is 2.05 bits per heavy atom. The van der Waals surface area contributed by atoms with Crippen LogP contribution in [0.3, 0.4) is 0 Å². The van der Waals surface area contributed by atoms with Gasteiger partial charge in [-0.15, -0.1) is 0 Å². The molecule has 0 aromatic carbocycles. The van der Waals surface area contributed by atoms with Crippen molar-refractivity contribution >= 4 is 21.8 Å². The number of likely N-dealkylation sites (tertiary alicyclic amines) is 1. The first-order valence-corrected chi connectivity index (χ1v) is 8.71. The molecule has 0 saturated carbocycles. The second-order valence-corrected chi connectivity index (χ2v) is 7.58. The number of aliphatic carboxylic acids is 1. The van der Waals surface area contributed by atoms with Gasteiger partial charge in [0, 0.05) is 25.4 Å². The minimum atomic E-state index is -3.00. The van der Waals surface area contributed by atoms with Gasteiger partial charge in [-0.1, -0.05) is 0 Å². The van der Waals surface area contributed by atoms with E-state index in [1.807, 2.05) is 6.92 Å². The molecule has 20 heavy (non-hydrogen) atoms. The summed E-state index contributed by atoms with van der Waals surface area (Å²) in [5.41, 5.74) is 0. The Hall–Kier alpha value is -1.31. The molecule has 0 spiro atoms. The lowest BCUT2D eigenvalue weighted by Crippen LogP contribution is -2.50. The molecule has 1 rings (SSSR count). The molecule has 0 radical (unpaired) electrons. The molecule has 116 valence electrons. The zero-order chi connectivity index (χ0) is 15.3. The lowest BCUT2D eigenvalue weighted by atomic mass is 9.92. The van der Waals surface area contributed by atoms with E-state index in [2.05, 4.69) is 5.32 Å². The van der Waals surface area contributed by atoms with Crippen LogP contribution >= 0.6 is 0 Å². The van der Waals surface area contributed by atoms with Gasteiger partial charge < -0.3 is 15.3 Å². The summed E-state index contributed by atoms with van der Waals surface area (Å²) in [5.74, 6) is -1.16. The van der Waals surface area contributed by atoms with Gasteiger partial charge in [0.15, 0.2) is 0 Å². The zero-order valence-corrected chi connectivity index (χ0v) is 12.6. The van der Waals surface area contributed by atoms with Crippen LogP contribution in [0.2, 0.25) is 0 Å². The van der Waals surface area contributed by atoms with Crippen LogP contribution in [0.5, 0.6) is 0 Å². The number of hydrogen-bond acceptors (Lipinski definition) is 4. The number of nitrogens with zero attached hydrogens (tertiary/aromatic N) is 1. The highest BCUT2D eigenvalue weighted by atomic mass is 32.2. The van der Waals surface area contributed by atoms with E-state index in [1.54, 1.807) is 4.90 Å². The third kappa shape index (κ3) is 5.36. The fraction of sp³-hybridized carbons (Fsp3) is 0.833. The topological polar surface area (TPSA) is 104 Å². The maximum absolute atomic E-state index is 11.9. The Kier molecular flexibility index (Phi) is 5.79. The molecule has 0 bridgehead atoms. The van der Waals surface area contributed by atoms with Gasteiger partial charge in [-0.2, -0.15) is 0 Å². The molecular weight excluding hydrogens is 284 g/mol. The fourth-order valence-electron chi connectivity index (χ4n) is 2.33. The van der Waals surface area contributed by atoms with Gasteiger partial charge >= 0.3 is 12.0 Å². The van der Waals surface area contributed by atoms with Crippen molar-refractivity contribution in [2.75, 3.05) is 25.1 Å². The summed E-state index contributed by atoms with van der Waals surface area (Å²) in [4.78, 5) is 24.4. The second kappa shape index (κ2) is 6.92. The Bertz CT molecular complexity index is 462. The minimum Gasteiger partial charge on any atom is -0.481 e. The minimum absolute atomic E-state index is 0.0456. The van der Waals surface area contributed by atoms with Crippen molar-refractivity contribution in [3.05, 3.63) is 0 Å². The van der Waals surface area contributed by atoms with Gasteiger partial charge in [0.1, 0.15) is 9.84 Å². The Morgan fingerprint density at radius 3 is 2.55 bits per heavy atom. The number of carboxylic acid groups (broad SMARTS) is 1. The van der Waals surface area contributed by atoms with E-state index in [0.29, 0.717) is 32.4 Å². The van der Waals surface area contributed by atoms with Gasteiger partial charge in [0.2, 0.25) is 0 Å². The summed E-state index contributed by atoms with van der Waals surface area (Å²) in [6, 6.07) is -0.380. The van der Waals surface area contributed by atoms with Crippen LogP contribution in [0.15, 0.2) is 0 Å². The van der Waals surface area contributed by atoms with E-state index in [-0.39, 0.29) is 23.7 Å². The van der Waals surface area contributed by atoms with Crippen LogP contribution < -0.4 is 5.32 Å². The highest BCUT2D eigenvalue weighted by molar-refractivity contribution is 7.90. The molecule has 0 aromatic heterocycles. The van der Waals surface area contributed by atoms with Crippen molar-refractivity contribution in [1.29, 1.82) is 0 Å². The Morgan fingerprint density at radius 1 is 1.40 bits per heavy atom. The largest absolute Gasteiger partial charge is 0.481 e. The number of piperidine rings is 1. The molecule has 0 aliphatic carbocycles. The molecule has 1 aliphatic heterocycles. The average Bonchev–Trinajstić information content (AvgIpc) is 2.33. The van der Waals surface area contributed by atoms with Crippen molar-refractivity contribution in [2.24, 2.45) is 5.92 Å². The molecule has 2 unspecified atom stereocenters. The summed E-state index contributed by atoms with van der Waals surface area (Å²) >= 11 is 0. The Labute approximate surface area is 119 Å². The van der Waals surface area contributed by atoms with Gasteiger partial charge in [0.25, 0.3) is 0 Å². The van der Waals surface area contributed by atoms with Gasteiger partial charge in [-0.3, -0.25) is 4.79 Å². The monoisotopic (exact) mass is 306 g/mol. The molecule has 1 aliphatic rings. The first-order valence-electron chi connectivity index (χ1n) is 6.65. The molecule has 1 saturated heterocycles. The van der Waals surface area contributed by atoms with Crippen molar-refractivity contribution in [2.45, 2.75) is 32.2 Å². The summed E-state index contributed by atoms with van der Waals surface area (Å²) in [5, 5.41) is 11.6. The highest BCUT2D eigenvalue weighted by Gasteiger charge is 2.31. The molecule has 1 heterocycles. The van der Waals surface area contributed by atoms with E-state index in [0.717, 1.165) is 6.26 Å². The zero-order valence-electron chi connectivity index (χ0n) is 11.8. The smallest absolute Gasteiger partial charge is 0.317 e. The van der Waals surface area contributed by atoms with Crippen LogP contribution in [0.4, 0.5) is 4.79 Å². The van der Waals surface area contributed by atoms with Crippen molar-refractivity contribution < 1.29 is 23.1 Å². The van der Waals surface area contributed by atoms with Gasteiger partial charge in [-0.05, 0) is 26.2 Å². The quantitative estimate of drug-likeness (QED) is 0.712. The normalized spacial score (nSPS) is 23.4. The number of carbonyl (C=O) groups excluding carboxylic acids is 1. The maximum atomic E-state index is 11.9. The van der Waals surface area contributed by atoms with Gasteiger partial charge in [-0.25, -0.2) is 13.2 Å². The number of amides is 2. The van der Waals surface area contributed by atoms with Crippen molar-refractivity contribution in [3.63, 3.8) is 0 Å². The van der Waals surface area contributed by atoms with E-state index in [1.165, 1.54) is 0 Å². The molecular formula is C12H22N2O5S.